The van der Waals surface area contributed by atoms with Crippen LogP contribution in [0.3, 0.4) is 0 Å². The minimum atomic E-state index is -0.114. The Morgan fingerprint density at radius 3 is 2.94 bits per heavy atom. The second-order valence-electron chi connectivity index (χ2n) is 3.77. The molecule has 0 N–H and O–H groups in total. The number of rotatable bonds is 1. The van der Waals surface area contributed by atoms with E-state index in [9.17, 15) is 4.79 Å². The Kier molecular flexibility index (Phi) is 3.03. The number of ketones is 1. The zero-order chi connectivity index (χ0) is 11.4. The largest absolute Gasteiger partial charge is 0.279 e. The summed E-state index contributed by atoms with van der Waals surface area (Å²) >= 11 is 0. The van der Waals surface area contributed by atoms with Crippen LogP contribution in [0.5, 0.6) is 0 Å². The SMILES string of the molecule is Cc1cccc(C(=O)C#CC2=CC=CC2)c1. The van der Waals surface area contributed by atoms with Gasteiger partial charge in [-0.15, -0.1) is 0 Å². The molecule has 0 bridgehead atoms. The van der Waals surface area contributed by atoms with Crippen LogP contribution in [0.15, 0.2) is 48.1 Å². The van der Waals surface area contributed by atoms with Crippen LogP contribution in [0.4, 0.5) is 0 Å². The van der Waals surface area contributed by atoms with Gasteiger partial charge >= 0.3 is 0 Å². The first kappa shape index (κ1) is 10.4. The second kappa shape index (κ2) is 4.63. The Bertz CT molecular complexity index is 536. The number of hydrogen-bond acceptors (Lipinski definition) is 1. The van der Waals surface area contributed by atoms with Gasteiger partial charge in [0.1, 0.15) is 0 Å². The maximum atomic E-state index is 11.7. The maximum Gasteiger partial charge on any atom is 0.236 e. The van der Waals surface area contributed by atoms with Gasteiger partial charge in [0.15, 0.2) is 0 Å². The van der Waals surface area contributed by atoms with E-state index in [4.69, 9.17) is 0 Å². The Balaban J connectivity index is 2.14. The average Bonchev–Trinajstić information content (AvgIpc) is 2.78. The third kappa shape index (κ3) is 2.49. The predicted molar refractivity (Wildman–Crippen MR) is 65.1 cm³/mol. The van der Waals surface area contributed by atoms with E-state index in [1.54, 1.807) is 6.07 Å². The molecule has 78 valence electrons. The Hall–Kier alpha value is -2.07. The van der Waals surface area contributed by atoms with E-state index in [1.165, 1.54) is 0 Å². The van der Waals surface area contributed by atoms with Gasteiger partial charge in [-0.3, -0.25) is 4.79 Å². The van der Waals surface area contributed by atoms with Crippen molar-refractivity contribution in [3.05, 3.63) is 59.2 Å². The van der Waals surface area contributed by atoms with Gasteiger partial charge in [-0.25, -0.2) is 0 Å². The highest BCUT2D eigenvalue weighted by Crippen LogP contribution is 2.09. The molecule has 0 aromatic heterocycles. The summed E-state index contributed by atoms with van der Waals surface area (Å²) in [5.41, 5.74) is 2.74. The van der Waals surface area contributed by atoms with E-state index < -0.39 is 0 Å². The second-order valence-corrected chi connectivity index (χ2v) is 3.77. The maximum absolute atomic E-state index is 11.7. The van der Waals surface area contributed by atoms with Gasteiger partial charge in [-0.2, -0.15) is 0 Å². The molecule has 1 aromatic carbocycles. The summed E-state index contributed by atoms with van der Waals surface area (Å²) in [4.78, 5) is 11.7. The van der Waals surface area contributed by atoms with E-state index in [2.05, 4.69) is 11.8 Å². The van der Waals surface area contributed by atoms with Crippen molar-refractivity contribution in [2.24, 2.45) is 0 Å². The zero-order valence-corrected chi connectivity index (χ0v) is 9.16. The number of aryl methyl sites for hydroxylation is 1. The highest BCUT2D eigenvalue weighted by atomic mass is 16.1. The molecule has 0 saturated carbocycles. The number of carbonyl (C=O) groups excluding carboxylic acids is 1. The summed E-state index contributed by atoms with van der Waals surface area (Å²) in [5.74, 6) is 5.45. The molecule has 0 saturated heterocycles. The minimum absolute atomic E-state index is 0.114. The van der Waals surface area contributed by atoms with E-state index in [-0.39, 0.29) is 5.78 Å². The van der Waals surface area contributed by atoms with Crippen molar-refractivity contribution in [3.63, 3.8) is 0 Å². The number of hydrogen-bond donors (Lipinski definition) is 0. The van der Waals surface area contributed by atoms with Crippen molar-refractivity contribution < 1.29 is 4.79 Å². The molecule has 0 spiro atoms. The highest BCUT2D eigenvalue weighted by molar-refractivity contribution is 6.09. The van der Waals surface area contributed by atoms with Crippen LogP contribution < -0.4 is 0 Å². The number of Topliss-reactive ketones (excluding diaryl/α,β-unsaturated/α-hetero) is 1. The molecule has 0 aliphatic heterocycles. The van der Waals surface area contributed by atoms with Crippen LogP contribution in [0.25, 0.3) is 0 Å². The Morgan fingerprint density at radius 2 is 2.25 bits per heavy atom. The summed E-state index contributed by atoms with van der Waals surface area (Å²) in [6.45, 7) is 1.97. The minimum Gasteiger partial charge on any atom is -0.279 e. The first-order chi connectivity index (χ1) is 7.75. The van der Waals surface area contributed by atoms with Crippen LogP contribution in [0.1, 0.15) is 22.3 Å². The molecule has 0 radical (unpaired) electrons. The Labute approximate surface area is 95.5 Å². The summed E-state index contributed by atoms with van der Waals surface area (Å²) < 4.78 is 0. The monoisotopic (exact) mass is 208 g/mol. The van der Waals surface area contributed by atoms with Gasteiger partial charge in [0.25, 0.3) is 0 Å². The van der Waals surface area contributed by atoms with Crippen LogP contribution in [0.2, 0.25) is 0 Å². The molecular weight excluding hydrogens is 196 g/mol. The van der Waals surface area contributed by atoms with Crippen molar-refractivity contribution >= 4 is 5.78 Å². The lowest BCUT2D eigenvalue weighted by atomic mass is 10.1. The molecule has 16 heavy (non-hydrogen) atoms. The molecule has 2 rings (SSSR count). The van der Waals surface area contributed by atoms with Gasteiger partial charge < -0.3 is 0 Å². The molecule has 0 unspecified atom stereocenters. The van der Waals surface area contributed by atoms with Crippen molar-refractivity contribution in [2.45, 2.75) is 13.3 Å². The third-order valence-electron chi connectivity index (χ3n) is 2.39. The number of allylic oxidation sites excluding steroid dienone is 4. The van der Waals surface area contributed by atoms with E-state index in [0.29, 0.717) is 5.56 Å². The normalized spacial score (nSPS) is 12.9. The zero-order valence-electron chi connectivity index (χ0n) is 9.16. The van der Waals surface area contributed by atoms with Gasteiger partial charge in [-0.05, 0) is 25.3 Å². The molecular formula is C15H12O. The fraction of sp³-hybridized carbons (Fsp3) is 0.133. The van der Waals surface area contributed by atoms with Gasteiger partial charge in [0, 0.05) is 11.1 Å². The van der Waals surface area contributed by atoms with Crippen LogP contribution >= 0.6 is 0 Å². The van der Waals surface area contributed by atoms with Crippen LogP contribution in [-0.2, 0) is 0 Å². The van der Waals surface area contributed by atoms with Crippen molar-refractivity contribution in [1.29, 1.82) is 0 Å². The first-order valence-electron chi connectivity index (χ1n) is 5.24. The smallest absolute Gasteiger partial charge is 0.236 e. The molecule has 1 nitrogen and oxygen atoms in total. The van der Waals surface area contributed by atoms with Crippen molar-refractivity contribution in [3.8, 4) is 11.8 Å². The molecule has 1 heteroatoms. The van der Waals surface area contributed by atoms with Crippen LogP contribution in [0, 0.1) is 18.8 Å². The lowest BCUT2D eigenvalue weighted by molar-refractivity contribution is 0.105. The highest BCUT2D eigenvalue weighted by Gasteiger charge is 2.01. The molecule has 0 atom stereocenters. The fourth-order valence-electron chi connectivity index (χ4n) is 1.54. The molecule has 0 amide bonds. The first-order valence-corrected chi connectivity index (χ1v) is 5.24. The van der Waals surface area contributed by atoms with E-state index >= 15 is 0 Å². The average molecular weight is 208 g/mol. The van der Waals surface area contributed by atoms with Crippen molar-refractivity contribution in [2.75, 3.05) is 0 Å². The molecule has 1 aliphatic rings. The number of carbonyl (C=O) groups is 1. The topological polar surface area (TPSA) is 17.1 Å². The van der Waals surface area contributed by atoms with E-state index in [0.717, 1.165) is 17.6 Å². The summed E-state index contributed by atoms with van der Waals surface area (Å²) in [5, 5.41) is 0. The van der Waals surface area contributed by atoms with Crippen LogP contribution in [-0.4, -0.2) is 5.78 Å². The Morgan fingerprint density at radius 1 is 1.38 bits per heavy atom. The van der Waals surface area contributed by atoms with Gasteiger partial charge in [0.2, 0.25) is 5.78 Å². The van der Waals surface area contributed by atoms with E-state index in [1.807, 2.05) is 43.4 Å². The third-order valence-corrected chi connectivity index (χ3v) is 2.39. The van der Waals surface area contributed by atoms with Gasteiger partial charge in [-0.1, -0.05) is 47.9 Å². The molecule has 1 aromatic rings. The van der Waals surface area contributed by atoms with Crippen molar-refractivity contribution in [1.82, 2.24) is 0 Å². The standard InChI is InChI=1S/C15H12O/c1-12-5-4-8-14(11-12)15(16)10-9-13-6-2-3-7-13/h2-6,8,11H,7H2,1H3. The lowest BCUT2D eigenvalue weighted by Gasteiger charge is -1.95. The van der Waals surface area contributed by atoms with Gasteiger partial charge in [0.05, 0.1) is 0 Å². The quantitative estimate of drug-likeness (QED) is 0.394. The lowest BCUT2D eigenvalue weighted by Crippen LogP contribution is -1.95. The molecule has 1 aliphatic carbocycles. The number of benzene rings is 1. The molecule has 0 fully saturated rings. The summed E-state index contributed by atoms with van der Waals surface area (Å²) in [6, 6.07) is 7.50. The summed E-state index contributed by atoms with van der Waals surface area (Å²) in [7, 11) is 0. The summed E-state index contributed by atoms with van der Waals surface area (Å²) in [6.07, 6.45) is 6.77. The fourth-order valence-corrected chi connectivity index (χ4v) is 1.54. The predicted octanol–water partition coefficient (Wildman–Crippen LogP) is 3.07. The molecule has 0 heterocycles.